The van der Waals surface area contributed by atoms with Gasteiger partial charge in [0.2, 0.25) is 0 Å². The molecule has 0 radical (unpaired) electrons. The molecule has 1 amide bonds. The van der Waals surface area contributed by atoms with Gasteiger partial charge in [0.25, 0.3) is 5.91 Å². The topological polar surface area (TPSA) is 73.6 Å². The smallest absolute Gasteiger partial charge is 0.261 e. The Labute approximate surface area is 123 Å². The van der Waals surface area contributed by atoms with E-state index in [1.54, 1.807) is 49.6 Å². The lowest BCUT2D eigenvalue weighted by atomic mass is 10.1. The minimum Gasteiger partial charge on any atom is -0.497 e. The van der Waals surface area contributed by atoms with Crippen LogP contribution < -0.4 is 20.5 Å². The van der Waals surface area contributed by atoms with Crippen molar-refractivity contribution in [3.05, 3.63) is 48.0 Å². The summed E-state index contributed by atoms with van der Waals surface area (Å²) in [6.45, 7) is 2.32. The Kier molecular flexibility index (Phi) is 4.66. The van der Waals surface area contributed by atoms with Crippen LogP contribution in [0, 0.1) is 0 Å². The maximum absolute atomic E-state index is 12.4. The number of carbonyl (C=O) groups is 1. The first-order valence-electron chi connectivity index (χ1n) is 6.62. The van der Waals surface area contributed by atoms with Gasteiger partial charge < -0.3 is 20.5 Å². The number of rotatable bonds is 5. The number of hydrogen-bond donors (Lipinski definition) is 2. The lowest BCUT2D eigenvalue weighted by Crippen LogP contribution is -2.15. The predicted octanol–water partition coefficient (Wildman–Crippen LogP) is 2.93. The molecule has 0 saturated carbocycles. The van der Waals surface area contributed by atoms with Crippen molar-refractivity contribution >= 4 is 17.3 Å². The number of carbonyl (C=O) groups excluding carboxylic acids is 1. The van der Waals surface area contributed by atoms with Gasteiger partial charge in [0.1, 0.15) is 17.1 Å². The molecule has 0 heterocycles. The summed E-state index contributed by atoms with van der Waals surface area (Å²) >= 11 is 0. The first kappa shape index (κ1) is 14.7. The molecule has 110 valence electrons. The van der Waals surface area contributed by atoms with E-state index in [-0.39, 0.29) is 5.91 Å². The fourth-order valence-corrected chi connectivity index (χ4v) is 1.96. The van der Waals surface area contributed by atoms with Crippen LogP contribution in [-0.4, -0.2) is 19.6 Å². The summed E-state index contributed by atoms with van der Waals surface area (Å²) in [7, 11) is 1.57. The summed E-state index contributed by atoms with van der Waals surface area (Å²) in [6.07, 6.45) is 0. The van der Waals surface area contributed by atoms with Gasteiger partial charge in [0.15, 0.2) is 0 Å². The SMILES string of the molecule is CCOc1cccc(N)c1C(=O)Nc1cccc(OC)c1. The second-order valence-corrected chi connectivity index (χ2v) is 4.34. The van der Waals surface area contributed by atoms with Crippen molar-refractivity contribution in [1.82, 2.24) is 0 Å². The van der Waals surface area contributed by atoms with Crippen LogP contribution in [0.4, 0.5) is 11.4 Å². The van der Waals surface area contributed by atoms with Gasteiger partial charge in [-0.2, -0.15) is 0 Å². The quantitative estimate of drug-likeness (QED) is 0.829. The number of amides is 1. The van der Waals surface area contributed by atoms with Crippen LogP contribution in [0.15, 0.2) is 42.5 Å². The van der Waals surface area contributed by atoms with Gasteiger partial charge in [-0.3, -0.25) is 4.79 Å². The molecule has 0 saturated heterocycles. The van der Waals surface area contributed by atoms with E-state index < -0.39 is 0 Å². The number of benzene rings is 2. The summed E-state index contributed by atoms with van der Waals surface area (Å²) < 4.78 is 10.6. The van der Waals surface area contributed by atoms with Crippen molar-refractivity contribution in [2.24, 2.45) is 0 Å². The summed E-state index contributed by atoms with van der Waals surface area (Å²) in [6, 6.07) is 12.3. The number of nitrogens with one attached hydrogen (secondary N) is 1. The molecule has 2 aromatic rings. The van der Waals surface area contributed by atoms with Crippen LogP contribution in [-0.2, 0) is 0 Å². The zero-order valence-corrected chi connectivity index (χ0v) is 12.1. The standard InChI is InChI=1S/C16H18N2O3/c1-3-21-14-9-5-8-13(17)15(14)16(19)18-11-6-4-7-12(10-11)20-2/h4-10H,3,17H2,1-2H3,(H,18,19). The minimum atomic E-state index is -0.315. The van der Waals surface area contributed by atoms with Gasteiger partial charge in [0, 0.05) is 17.4 Å². The van der Waals surface area contributed by atoms with Crippen molar-refractivity contribution in [1.29, 1.82) is 0 Å². The van der Waals surface area contributed by atoms with Crippen molar-refractivity contribution in [3.8, 4) is 11.5 Å². The molecular formula is C16H18N2O3. The highest BCUT2D eigenvalue weighted by molar-refractivity contribution is 6.09. The predicted molar refractivity (Wildman–Crippen MR) is 83.0 cm³/mol. The summed E-state index contributed by atoms with van der Waals surface area (Å²) in [4.78, 5) is 12.4. The first-order valence-corrected chi connectivity index (χ1v) is 6.62. The van der Waals surface area contributed by atoms with E-state index in [1.165, 1.54) is 0 Å². The first-order chi connectivity index (χ1) is 10.2. The van der Waals surface area contributed by atoms with Crippen LogP contribution in [0.2, 0.25) is 0 Å². The summed E-state index contributed by atoms with van der Waals surface area (Å²) in [5.41, 5.74) is 7.24. The maximum atomic E-state index is 12.4. The highest BCUT2D eigenvalue weighted by Crippen LogP contribution is 2.26. The van der Waals surface area contributed by atoms with Crippen molar-refractivity contribution < 1.29 is 14.3 Å². The van der Waals surface area contributed by atoms with Crippen LogP contribution in [0.3, 0.4) is 0 Å². The molecule has 5 nitrogen and oxygen atoms in total. The minimum absolute atomic E-state index is 0.315. The Morgan fingerprint density at radius 3 is 2.71 bits per heavy atom. The lowest BCUT2D eigenvalue weighted by molar-refractivity contribution is 0.102. The number of ether oxygens (including phenoxy) is 2. The Morgan fingerprint density at radius 2 is 2.00 bits per heavy atom. The van der Waals surface area contributed by atoms with Crippen LogP contribution in [0.25, 0.3) is 0 Å². The Morgan fingerprint density at radius 1 is 1.24 bits per heavy atom. The fourth-order valence-electron chi connectivity index (χ4n) is 1.96. The molecular weight excluding hydrogens is 268 g/mol. The molecule has 0 aromatic heterocycles. The lowest BCUT2D eigenvalue weighted by Gasteiger charge is -2.13. The van der Waals surface area contributed by atoms with Gasteiger partial charge in [-0.25, -0.2) is 0 Å². The zero-order chi connectivity index (χ0) is 15.2. The molecule has 2 aromatic carbocycles. The maximum Gasteiger partial charge on any atom is 0.261 e. The average molecular weight is 286 g/mol. The molecule has 0 bridgehead atoms. The molecule has 0 unspecified atom stereocenters. The molecule has 0 aliphatic heterocycles. The molecule has 5 heteroatoms. The van der Waals surface area contributed by atoms with Gasteiger partial charge in [-0.1, -0.05) is 12.1 Å². The zero-order valence-electron chi connectivity index (χ0n) is 12.1. The Bertz CT molecular complexity index is 641. The molecule has 0 aliphatic rings. The van der Waals surface area contributed by atoms with Crippen LogP contribution in [0.1, 0.15) is 17.3 Å². The van der Waals surface area contributed by atoms with Crippen molar-refractivity contribution in [2.45, 2.75) is 6.92 Å². The second-order valence-electron chi connectivity index (χ2n) is 4.34. The van der Waals surface area contributed by atoms with Crippen molar-refractivity contribution in [2.75, 3.05) is 24.8 Å². The molecule has 3 N–H and O–H groups in total. The van der Waals surface area contributed by atoms with E-state index in [9.17, 15) is 4.79 Å². The second kappa shape index (κ2) is 6.65. The van der Waals surface area contributed by atoms with Gasteiger partial charge in [-0.15, -0.1) is 0 Å². The number of nitrogen functional groups attached to an aromatic ring is 1. The fraction of sp³-hybridized carbons (Fsp3) is 0.188. The number of hydrogen-bond acceptors (Lipinski definition) is 4. The van der Waals surface area contributed by atoms with Gasteiger partial charge in [0.05, 0.1) is 13.7 Å². The molecule has 2 rings (SSSR count). The van der Waals surface area contributed by atoms with E-state index in [0.717, 1.165) is 0 Å². The summed E-state index contributed by atoms with van der Waals surface area (Å²) in [5.74, 6) is 0.821. The molecule has 0 atom stereocenters. The van der Waals surface area contributed by atoms with E-state index in [0.29, 0.717) is 35.0 Å². The normalized spacial score (nSPS) is 10.0. The Hall–Kier alpha value is -2.69. The number of nitrogens with two attached hydrogens (primary N) is 1. The van der Waals surface area contributed by atoms with E-state index in [4.69, 9.17) is 15.2 Å². The van der Waals surface area contributed by atoms with E-state index >= 15 is 0 Å². The summed E-state index contributed by atoms with van der Waals surface area (Å²) in [5, 5.41) is 2.79. The third-order valence-corrected chi connectivity index (χ3v) is 2.91. The molecule has 0 fully saturated rings. The number of anilines is 2. The average Bonchev–Trinajstić information content (AvgIpc) is 2.47. The molecule has 0 aliphatic carbocycles. The van der Waals surface area contributed by atoms with Gasteiger partial charge in [-0.05, 0) is 31.2 Å². The van der Waals surface area contributed by atoms with Gasteiger partial charge >= 0.3 is 0 Å². The van der Waals surface area contributed by atoms with Crippen LogP contribution >= 0.6 is 0 Å². The Balaban J connectivity index is 2.27. The largest absolute Gasteiger partial charge is 0.497 e. The van der Waals surface area contributed by atoms with E-state index in [2.05, 4.69) is 5.32 Å². The third-order valence-electron chi connectivity index (χ3n) is 2.91. The van der Waals surface area contributed by atoms with E-state index in [1.807, 2.05) is 6.92 Å². The highest BCUT2D eigenvalue weighted by Gasteiger charge is 2.16. The third kappa shape index (κ3) is 3.45. The monoisotopic (exact) mass is 286 g/mol. The molecule has 21 heavy (non-hydrogen) atoms. The molecule has 0 spiro atoms. The highest BCUT2D eigenvalue weighted by atomic mass is 16.5. The van der Waals surface area contributed by atoms with Crippen LogP contribution in [0.5, 0.6) is 11.5 Å². The number of methoxy groups -OCH3 is 1. The van der Waals surface area contributed by atoms with Crippen molar-refractivity contribution in [3.63, 3.8) is 0 Å².